The summed E-state index contributed by atoms with van der Waals surface area (Å²) >= 11 is 0. The predicted octanol–water partition coefficient (Wildman–Crippen LogP) is 0.506. The smallest absolute Gasteiger partial charge is 0.293 e. The number of H-pyrrole nitrogens is 1. The Labute approximate surface area is 109 Å². The summed E-state index contributed by atoms with van der Waals surface area (Å²) in [6, 6.07) is 0.391. The van der Waals surface area contributed by atoms with Crippen molar-refractivity contribution in [3.05, 3.63) is 18.1 Å². The van der Waals surface area contributed by atoms with Crippen molar-refractivity contribution in [1.82, 2.24) is 20.3 Å². The van der Waals surface area contributed by atoms with Crippen LogP contribution >= 0.6 is 0 Å². The average Bonchev–Trinajstić information content (AvgIpc) is 3.02. The van der Waals surface area contributed by atoms with E-state index in [4.69, 9.17) is 10.5 Å². The zero-order valence-electron chi connectivity index (χ0n) is 10.3. The maximum absolute atomic E-state index is 10.2. The standard InChI is InChI=1S/C12H15N5O2/c13-12-11-10(15-5-16-12)8(3-14-11)9-2-1-7(17-9)4-19-6-18/h3,5-7,9,14,17H,1-2,4H2,(H2,13,15,16). The molecule has 0 bridgehead atoms. The van der Waals surface area contributed by atoms with Crippen LogP contribution in [0.25, 0.3) is 11.0 Å². The van der Waals surface area contributed by atoms with Gasteiger partial charge in [0.1, 0.15) is 18.5 Å². The van der Waals surface area contributed by atoms with Gasteiger partial charge in [-0.15, -0.1) is 0 Å². The average molecular weight is 261 g/mol. The molecule has 3 rings (SSSR count). The number of nitrogen functional groups attached to an aromatic ring is 1. The van der Waals surface area contributed by atoms with Gasteiger partial charge in [-0.3, -0.25) is 4.79 Å². The molecule has 4 N–H and O–H groups in total. The monoisotopic (exact) mass is 261 g/mol. The van der Waals surface area contributed by atoms with Crippen molar-refractivity contribution in [3.8, 4) is 0 Å². The number of carbonyl (C=O) groups excluding carboxylic acids is 1. The number of ether oxygens (including phenoxy) is 1. The minimum Gasteiger partial charge on any atom is -0.466 e. The van der Waals surface area contributed by atoms with Crippen LogP contribution in [0, 0.1) is 0 Å². The molecule has 1 aliphatic rings. The molecule has 3 heterocycles. The highest BCUT2D eigenvalue weighted by molar-refractivity contribution is 5.87. The van der Waals surface area contributed by atoms with E-state index >= 15 is 0 Å². The van der Waals surface area contributed by atoms with Crippen molar-refractivity contribution < 1.29 is 9.53 Å². The molecular formula is C12H15N5O2. The number of aromatic amines is 1. The Morgan fingerprint density at radius 2 is 2.37 bits per heavy atom. The fourth-order valence-corrected chi connectivity index (χ4v) is 2.60. The first-order chi connectivity index (χ1) is 9.29. The lowest BCUT2D eigenvalue weighted by Gasteiger charge is -2.12. The van der Waals surface area contributed by atoms with Crippen LogP contribution in [0.4, 0.5) is 5.82 Å². The van der Waals surface area contributed by atoms with Crippen molar-refractivity contribution in [2.45, 2.75) is 24.9 Å². The third kappa shape index (κ3) is 2.12. The third-order valence-electron chi connectivity index (χ3n) is 3.50. The summed E-state index contributed by atoms with van der Waals surface area (Å²) in [5, 5.41) is 3.43. The quantitative estimate of drug-likeness (QED) is 0.692. The van der Waals surface area contributed by atoms with Crippen LogP contribution in [-0.4, -0.2) is 34.1 Å². The number of rotatable bonds is 4. The number of nitrogens with two attached hydrogens (primary N) is 1. The van der Waals surface area contributed by atoms with Gasteiger partial charge in [-0.25, -0.2) is 9.97 Å². The van der Waals surface area contributed by atoms with Gasteiger partial charge in [0.05, 0.1) is 5.52 Å². The number of nitrogens with zero attached hydrogens (tertiary/aromatic N) is 2. The van der Waals surface area contributed by atoms with Crippen LogP contribution in [0.5, 0.6) is 0 Å². The molecule has 100 valence electrons. The second-order valence-corrected chi connectivity index (χ2v) is 4.65. The highest BCUT2D eigenvalue weighted by Crippen LogP contribution is 2.31. The Balaban J connectivity index is 1.82. The van der Waals surface area contributed by atoms with Crippen LogP contribution in [0.1, 0.15) is 24.4 Å². The lowest BCUT2D eigenvalue weighted by atomic mass is 10.1. The second kappa shape index (κ2) is 4.85. The zero-order valence-corrected chi connectivity index (χ0v) is 10.3. The van der Waals surface area contributed by atoms with E-state index in [1.807, 2.05) is 6.20 Å². The van der Waals surface area contributed by atoms with Gasteiger partial charge in [-0.05, 0) is 12.8 Å². The molecule has 7 heteroatoms. The molecule has 2 aromatic heterocycles. The van der Waals surface area contributed by atoms with Crippen molar-refractivity contribution in [2.24, 2.45) is 0 Å². The number of anilines is 1. The van der Waals surface area contributed by atoms with E-state index in [1.54, 1.807) is 0 Å². The molecule has 2 aromatic rings. The van der Waals surface area contributed by atoms with Crippen molar-refractivity contribution >= 4 is 23.3 Å². The fraction of sp³-hybridized carbons (Fsp3) is 0.417. The van der Waals surface area contributed by atoms with Gasteiger partial charge < -0.3 is 20.8 Å². The molecule has 0 radical (unpaired) electrons. The van der Waals surface area contributed by atoms with Crippen LogP contribution in [0.2, 0.25) is 0 Å². The summed E-state index contributed by atoms with van der Waals surface area (Å²) in [5.41, 5.74) is 8.50. The summed E-state index contributed by atoms with van der Waals surface area (Å²) in [4.78, 5) is 21.6. The Morgan fingerprint density at radius 3 is 3.21 bits per heavy atom. The van der Waals surface area contributed by atoms with Crippen LogP contribution in [0.3, 0.4) is 0 Å². The number of nitrogens with one attached hydrogen (secondary N) is 2. The number of carbonyl (C=O) groups is 1. The van der Waals surface area contributed by atoms with E-state index in [0.717, 1.165) is 29.4 Å². The Bertz CT molecular complexity index is 597. The van der Waals surface area contributed by atoms with Crippen molar-refractivity contribution in [2.75, 3.05) is 12.3 Å². The first-order valence-corrected chi connectivity index (χ1v) is 6.18. The van der Waals surface area contributed by atoms with Gasteiger partial charge in [0.15, 0.2) is 5.82 Å². The highest BCUT2D eigenvalue weighted by atomic mass is 16.5. The minimum atomic E-state index is 0.194. The maximum atomic E-state index is 10.2. The Morgan fingerprint density at radius 1 is 1.47 bits per heavy atom. The molecule has 19 heavy (non-hydrogen) atoms. The highest BCUT2D eigenvalue weighted by Gasteiger charge is 2.27. The van der Waals surface area contributed by atoms with Gasteiger partial charge in [-0.2, -0.15) is 0 Å². The van der Waals surface area contributed by atoms with E-state index in [0.29, 0.717) is 18.9 Å². The van der Waals surface area contributed by atoms with Gasteiger partial charge in [0, 0.05) is 23.8 Å². The summed E-state index contributed by atoms with van der Waals surface area (Å²) in [7, 11) is 0. The third-order valence-corrected chi connectivity index (χ3v) is 3.50. The molecule has 0 spiro atoms. The summed E-state index contributed by atoms with van der Waals surface area (Å²) in [5.74, 6) is 0.454. The molecule has 0 aromatic carbocycles. The van der Waals surface area contributed by atoms with E-state index in [2.05, 4.69) is 20.3 Å². The van der Waals surface area contributed by atoms with Gasteiger partial charge >= 0.3 is 0 Å². The molecular weight excluding hydrogens is 246 g/mol. The second-order valence-electron chi connectivity index (χ2n) is 4.65. The van der Waals surface area contributed by atoms with Crippen LogP contribution in [0.15, 0.2) is 12.5 Å². The molecule has 7 nitrogen and oxygen atoms in total. The van der Waals surface area contributed by atoms with Gasteiger partial charge in [0.2, 0.25) is 0 Å². The molecule has 2 unspecified atom stereocenters. The zero-order chi connectivity index (χ0) is 13.2. The van der Waals surface area contributed by atoms with Gasteiger partial charge in [-0.1, -0.05) is 0 Å². The van der Waals surface area contributed by atoms with Crippen molar-refractivity contribution in [3.63, 3.8) is 0 Å². The Kier molecular flexibility index (Phi) is 3.04. The Hall–Kier alpha value is -2.15. The van der Waals surface area contributed by atoms with Crippen LogP contribution < -0.4 is 11.1 Å². The van der Waals surface area contributed by atoms with E-state index < -0.39 is 0 Å². The number of fused-ring (bicyclic) bond motifs is 1. The molecule has 0 aliphatic carbocycles. The molecule has 1 fully saturated rings. The van der Waals surface area contributed by atoms with E-state index in [9.17, 15) is 4.79 Å². The first kappa shape index (κ1) is 11.9. The summed E-state index contributed by atoms with van der Waals surface area (Å²) in [6.45, 7) is 0.883. The van der Waals surface area contributed by atoms with E-state index in [1.165, 1.54) is 6.33 Å². The molecule has 1 aliphatic heterocycles. The fourth-order valence-electron chi connectivity index (χ4n) is 2.60. The summed E-state index contributed by atoms with van der Waals surface area (Å²) < 4.78 is 4.79. The van der Waals surface area contributed by atoms with Crippen LogP contribution in [-0.2, 0) is 9.53 Å². The topological polar surface area (TPSA) is 106 Å². The maximum Gasteiger partial charge on any atom is 0.293 e. The van der Waals surface area contributed by atoms with Gasteiger partial charge in [0.25, 0.3) is 6.47 Å². The minimum absolute atomic E-state index is 0.194. The van der Waals surface area contributed by atoms with E-state index in [-0.39, 0.29) is 12.1 Å². The lowest BCUT2D eigenvalue weighted by Crippen LogP contribution is -2.28. The molecule has 0 saturated carbocycles. The first-order valence-electron chi connectivity index (χ1n) is 6.18. The number of aromatic nitrogens is 3. The summed E-state index contributed by atoms with van der Waals surface area (Å²) in [6.07, 6.45) is 5.32. The molecule has 2 atom stereocenters. The lowest BCUT2D eigenvalue weighted by molar-refractivity contribution is -0.129. The largest absolute Gasteiger partial charge is 0.466 e. The van der Waals surface area contributed by atoms with Crippen molar-refractivity contribution in [1.29, 1.82) is 0 Å². The number of hydrogen-bond donors (Lipinski definition) is 3. The normalized spacial score (nSPS) is 22.7. The molecule has 1 saturated heterocycles. The molecule has 0 amide bonds. The predicted molar refractivity (Wildman–Crippen MR) is 69.2 cm³/mol. The number of hydrogen-bond acceptors (Lipinski definition) is 6. The SMILES string of the molecule is Nc1ncnc2c(C3CCC(COC=O)N3)c[nH]c12.